The van der Waals surface area contributed by atoms with Gasteiger partial charge in [0, 0.05) is 12.2 Å². The van der Waals surface area contributed by atoms with Crippen molar-refractivity contribution in [2.75, 3.05) is 11.9 Å². The summed E-state index contributed by atoms with van der Waals surface area (Å²) >= 11 is 0. The van der Waals surface area contributed by atoms with Gasteiger partial charge in [-0.05, 0) is 44.0 Å². The molecule has 1 aromatic carbocycles. The van der Waals surface area contributed by atoms with Gasteiger partial charge in [-0.2, -0.15) is 5.26 Å². The zero-order valence-corrected chi connectivity index (χ0v) is 16.0. The summed E-state index contributed by atoms with van der Waals surface area (Å²) in [7, 11) is 0. The van der Waals surface area contributed by atoms with E-state index in [1.165, 1.54) is 6.92 Å². The number of anilines is 1. The maximum Gasteiger partial charge on any atom is 0.308 e. The highest BCUT2D eigenvalue weighted by Gasteiger charge is 2.47. The number of hydrogen-bond donors (Lipinski definition) is 1. The fraction of sp³-hybridized carbons (Fsp3) is 0.381. The number of amides is 3. The minimum atomic E-state index is -1.05. The predicted molar refractivity (Wildman–Crippen MR) is 102 cm³/mol. The van der Waals surface area contributed by atoms with Crippen molar-refractivity contribution in [1.82, 2.24) is 4.90 Å². The Balaban J connectivity index is 1.47. The molecule has 1 aliphatic carbocycles. The van der Waals surface area contributed by atoms with E-state index in [0.29, 0.717) is 24.1 Å². The van der Waals surface area contributed by atoms with E-state index in [1.54, 1.807) is 24.3 Å². The van der Waals surface area contributed by atoms with E-state index in [-0.39, 0.29) is 36.6 Å². The molecule has 2 aliphatic rings. The SMILES string of the molecule is CC(OC(=O)CCN1C(=O)C2CC=CCC2C1=O)C(=O)Nc1ccc(C#N)cc1. The van der Waals surface area contributed by atoms with Gasteiger partial charge in [0.05, 0.1) is 29.9 Å². The molecule has 3 atom stereocenters. The van der Waals surface area contributed by atoms with Crippen molar-refractivity contribution < 1.29 is 23.9 Å². The second-order valence-corrected chi connectivity index (χ2v) is 7.04. The van der Waals surface area contributed by atoms with E-state index < -0.39 is 18.0 Å². The largest absolute Gasteiger partial charge is 0.452 e. The minimum Gasteiger partial charge on any atom is -0.452 e. The Labute approximate surface area is 168 Å². The summed E-state index contributed by atoms with van der Waals surface area (Å²) in [6.45, 7) is 1.39. The van der Waals surface area contributed by atoms with Crippen LogP contribution in [0.5, 0.6) is 0 Å². The molecule has 1 aromatic rings. The molecule has 1 saturated heterocycles. The number of nitrogens with one attached hydrogen (secondary N) is 1. The molecule has 3 rings (SSSR count). The van der Waals surface area contributed by atoms with Crippen LogP contribution in [-0.4, -0.2) is 41.2 Å². The maximum atomic E-state index is 12.4. The molecular weight excluding hydrogens is 374 g/mol. The van der Waals surface area contributed by atoms with Crippen LogP contribution >= 0.6 is 0 Å². The van der Waals surface area contributed by atoms with Gasteiger partial charge in [-0.15, -0.1) is 0 Å². The molecule has 1 fully saturated rings. The van der Waals surface area contributed by atoms with Crippen LogP contribution in [0.25, 0.3) is 0 Å². The predicted octanol–water partition coefficient (Wildman–Crippen LogP) is 1.77. The molecular formula is C21H21N3O5. The Morgan fingerprint density at radius 2 is 1.76 bits per heavy atom. The first-order valence-electron chi connectivity index (χ1n) is 9.41. The van der Waals surface area contributed by atoms with E-state index in [9.17, 15) is 19.2 Å². The second-order valence-electron chi connectivity index (χ2n) is 7.04. The average Bonchev–Trinajstić information content (AvgIpc) is 2.97. The molecule has 3 amide bonds. The highest BCUT2D eigenvalue weighted by Crippen LogP contribution is 2.35. The number of imide groups is 1. The number of esters is 1. The number of nitrogens with zero attached hydrogens (tertiary/aromatic N) is 2. The lowest BCUT2D eigenvalue weighted by Gasteiger charge is -2.16. The van der Waals surface area contributed by atoms with Gasteiger partial charge in [0.1, 0.15) is 0 Å². The number of nitriles is 1. The first-order chi connectivity index (χ1) is 13.9. The Hall–Kier alpha value is -3.47. The van der Waals surface area contributed by atoms with Crippen molar-refractivity contribution in [3.63, 3.8) is 0 Å². The van der Waals surface area contributed by atoms with Crippen LogP contribution in [-0.2, 0) is 23.9 Å². The Morgan fingerprint density at radius 1 is 1.17 bits per heavy atom. The van der Waals surface area contributed by atoms with Crippen LogP contribution in [0, 0.1) is 23.2 Å². The van der Waals surface area contributed by atoms with Crippen LogP contribution in [0.2, 0.25) is 0 Å². The third kappa shape index (κ3) is 4.51. The quantitative estimate of drug-likeness (QED) is 0.446. The van der Waals surface area contributed by atoms with Gasteiger partial charge in [-0.1, -0.05) is 12.2 Å². The Morgan fingerprint density at radius 3 is 2.31 bits per heavy atom. The zero-order chi connectivity index (χ0) is 21.0. The smallest absolute Gasteiger partial charge is 0.308 e. The van der Waals surface area contributed by atoms with Crippen molar-refractivity contribution in [2.45, 2.75) is 32.3 Å². The maximum absolute atomic E-state index is 12.4. The molecule has 1 heterocycles. The normalized spacial score (nSPS) is 21.3. The molecule has 0 radical (unpaired) electrons. The lowest BCUT2D eigenvalue weighted by Crippen LogP contribution is -2.35. The van der Waals surface area contributed by atoms with Gasteiger partial charge in [-0.25, -0.2) is 0 Å². The van der Waals surface area contributed by atoms with Crippen molar-refractivity contribution in [1.29, 1.82) is 5.26 Å². The van der Waals surface area contributed by atoms with E-state index in [2.05, 4.69) is 5.32 Å². The second kappa shape index (κ2) is 8.69. The average molecular weight is 395 g/mol. The van der Waals surface area contributed by atoms with E-state index in [4.69, 9.17) is 10.00 Å². The topological polar surface area (TPSA) is 117 Å². The molecule has 0 aromatic heterocycles. The summed E-state index contributed by atoms with van der Waals surface area (Å²) < 4.78 is 5.11. The molecule has 0 bridgehead atoms. The van der Waals surface area contributed by atoms with Crippen LogP contribution in [0.1, 0.15) is 31.7 Å². The summed E-state index contributed by atoms with van der Waals surface area (Å²) in [6.07, 6.45) is 3.68. The van der Waals surface area contributed by atoms with Gasteiger partial charge in [-0.3, -0.25) is 24.1 Å². The summed E-state index contributed by atoms with van der Waals surface area (Å²) in [6, 6.07) is 8.24. The number of ether oxygens (including phenoxy) is 1. The number of carbonyl (C=O) groups excluding carboxylic acids is 4. The van der Waals surface area contributed by atoms with Gasteiger partial charge < -0.3 is 10.1 Å². The zero-order valence-electron chi connectivity index (χ0n) is 16.0. The number of carbonyl (C=O) groups is 4. The summed E-state index contributed by atoms with van der Waals surface area (Å²) in [5.41, 5.74) is 0.936. The third-order valence-corrected chi connectivity index (χ3v) is 5.10. The number of fused-ring (bicyclic) bond motifs is 1. The standard InChI is InChI=1S/C21H21N3O5/c1-13(19(26)23-15-8-6-14(12-22)7-9-15)29-18(25)10-11-24-20(27)16-4-2-3-5-17(16)21(24)28/h2-3,6-9,13,16-17H,4-5,10-11H2,1H3,(H,23,26). The van der Waals surface area contributed by atoms with Crippen molar-refractivity contribution in [3.8, 4) is 6.07 Å². The number of likely N-dealkylation sites (tertiary alicyclic amines) is 1. The molecule has 29 heavy (non-hydrogen) atoms. The monoisotopic (exact) mass is 395 g/mol. The molecule has 1 N–H and O–H groups in total. The highest BCUT2D eigenvalue weighted by atomic mass is 16.5. The van der Waals surface area contributed by atoms with Gasteiger partial charge >= 0.3 is 5.97 Å². The van der Waals surface area contributed by atoms with Gasteiger partial charge in [0.2, 0.25) is 11.8 Å². The molecule has 8 nitrogen and oxygen atoms in total. The number of rotatable bonds is 6. The van der Waals surface area contributed by atoms with Crippen molar-refractivity contribution >= 4 is 29.4 Å². The first kappa shape index (κ1) is 20.3. The highest BCUT2D eigenvalue weighted by molar-refractivity contribution is 6.05. The fourth-order valence-electron chi connectivity index (χ4n) is 3.47. The summed E-state index contributed by atoms with van der Waals surface area (Å²) in [5.74, 6) is -2.34. The van der Waals surface area contributed by atoms with Gasteiger partial charge in [0.15, 0.2) is 6.10 Å². The lowest BCUT2D eigenvalue weighted by atomic mass is 9.85. The number of hydrogen-bond acceptors (Lipinski definition) is 6. The molecule has 3 unspecified atom stereocenters. The van der Waals surface area contributed by atoms with Crippen LogP contribution in [0.3, 0.4) is 0 Å². The van der Waals surface area contributed by atoms with Crippen LogP contribution in [0.15, 0.2) is 36.4 Å². The third-order valence-electron chi connectivity index (χ3n) is 5.10. The summed E-state index contributed by atoms with van der Waals surface area (Å²) in [4.78, 5) is 50.1. The van der Waals surface area contributed by atoms with E-state index in [1.807, 2.05) is 18.2 Å². The Bertz CT molecular complexity index is 874. The van der Waals surface area contributed by atoms with Crippen molar-refractivity contribution in [2.24, 2.45) is 11.8 Å². The molecule has 8 heteroatoms. The molecule has 150 valence electrons. The summed E-state index contributed by atoms with van der Waals surface area (Å²) in [5, 5.41) is 11.4. The molecule has 0 saturated carbocycles. The fourth-order valence-corrected chi connectivity index (χ4v) is 3.47. The van der Waals surface area contributed by atoms with Gasteiger partial charge in [0.25, 0.3) is 5.91 Å². The molecule has 0 spiro atoms. The number of benzene rings is 1. The molecule has 1 aliphatic heterocycles. The minimum absolute atomic E-state index is 0.0482. The first-order valence-corrected chi connectivity index (χ1v) is 9.41. The van der Waals surface area contributed by atoms with Crippen LogP contribution in [0.4, 0.5) is 5.69 Å². The van der Waals surface area contributed by atoms with E-state index in [0.717, 1.165) is 4.90 Å². The lowest BCUT2D eigenvalue weighted by molar-refractivity contribution is -0.154. The van der Waals surface area contributed by atoms with Crippen LogP contribution < -0.4 is 5.32 Å². The van der Waals surface area contributed by atoms with Crippen molar-refractivity contribution in [3.05, 3.63) is 42.0 Å². The Kier molecular flexibility index (Phi) is 6.07. The van der Waals surface area contributed by atoms with E-state index >= 15 is 0 Å². The number of allylic oxidation sites excluding steroid dienone is 2.